The Morgan fingerprint density at radius 2 is 1.74 bits per heavy atom. The Bertz CT molecular complexity index is 1110. The van der Waals surface area contributed by atoms with Gasteiger partial charge in [-0.3, -0.25) is 9.36 Å². The summed E-state index contributed by atoms with van der Waals surface area (Å²) in [7, 11) is 0. The summed E-state index contributed by atoms with van der Waals surface area (Å²) in [6, 6.07) is 18.1. The first-order valence-electron chi connectivity index (χ1n) is 12.0. The lowest BCUT2D eigenvalue weighted by Crippen LogP contribution is -2.42. The summed E-state index contributed by atoms with van der Waals surface area (Å²) in [6.07, 6.45) is 7.93. The minimum atomic E-state index is 0.127. The number of carbonyl (C=O) groups is 1. The minimum absolute atomic E-state index is 0.127. The summed E-state index contributed by atoms with van der Waals surface area (Å²) in [6.45, 7) is 0.292. The van der Waals surface area contributed by atoms with E-state index in [0.717, 1.165) is 42.4 Å². The second-order valence-corrected chi connectivity index (χ2v) is 10.2. The smallest absolute Gasteiger partial charge is 0.237 e. The third-order valence-corrected chi connectivity index (χ3v) is 7.65. The second-order valence-electron chi connectivity index (χ2n) is 8.90. The fourth-order valence-electron chi connectivity index (χ4n) is 4.59. The predicted molar refractivity (Wildman–Crippen MR) is 136 cm³/mol. The lowest BCUT2D eigenvalue weighted by molar-refractivity contribution is -0.116. The third kappa shape index (κ3) is 5.41. The van der Waals surface area contributed by atoms with E-state index < -0.39 is 0 Å². The number of benzene rings is 2. The Labute approximate surface area is 209 Å². The van der Waals surface area contributed by atoms with Crippen LogP contribution in [-0.4, -0.2) is 32.5 Å². The number of hydrogen-bond donors (Lipinski definition) is 0. The van der Waals surface area contributed by atoms with Crippen LogP contribution >= 0.6 is 23.4 Å². The Morgan fingerprint density at radius 1 is 1.00 bits per heavy atom. The van der Waals surface area contributed by atoms with Gasteiger partial charge in [-0.1, -0.05) is 73.0 Å². The molecular formula is C26H29ClN4O2S. The van der Waals surface area contributed by atoms with Crippen molar-refractivity contribution in [3.8, 4) is 5.75 Å². The SMILES string of the molecule is O=C(CSc1nnc(COc2ccccc2Cl)n1C1CC1)N(c1ccccc1)C1CCCCC1. The van der Waals surface area contributed by atoms with Gasteiger partial charge in [0.15, 0.2) is 11.0 Å². The van der Waals surface area contributed by atoms with Crippen LogP contribution in [-0.2, 0) is 11.4 Å². The molecule has 0 spiro atoms. The molecule has 0 radical (unpaired) electrons. The van der Waals surface area contributed by atoms with E-state index in [1.54, 1.807) is 6.07 Å². The zero-order chi connectivity index (χ0) is 23.3. The van der Waals surface area contributed by atoms with Crippen LogP contribution in [0, 0.1) is 0 Å². The summed E-state index contributed by atoms with van der Waals surface area (Å²) in [4.78, 5) is 15.5. The average Bonchev–Trinajstić information content (AvgIpc) is 3.63. The summed E-state index contributed by atoms with van der Waals surface area (Å²) < 4.78 is 8.06. The van der Waals surface area contributed by atoms with Crippen LogP contribution in [0.4, 0.5) is 5.69 Å². The highest BCUT2D eigenvalue weighted by Gasteiger charge is 2.31. The van der Waals surface area contributed by atoms with Crippen molar-refractivity contribution in [1.82, 2.24) is 14.8 Å². The van der Waals surface area contributed by atoms with E-state index in [1.807, 2.05) is 53.4 Å². The number of hydrogen-bond acceptors (Lipinski definition) is 5. The van der Waals surface area contributed by atoms with Gasteiger partial charge in [-0.25, -0.2) is 0 Å². The maximum atomic E-state index is 13.5. The van der Waals surface area contributed by atoms with Crippen LogP contribution in [0.2, 0.25) is 5.02 Å². The number of nitrogens with zero attached hydrogens (tertiary/aromatic N) is 4. The number of para-hydroxylation sites is 2. The molecule has 0 N–H and O–H groups in total. The number of ether oxygens (including phenoxy) is 1. The van der Waals surface area contributed by atoms with Crippen molar-refractivity contribution in [1.29, 1.82) is 0 Å². The lowest BCUT2D eigenvalue weighted by Gasteiger charge is -2.34. The molecular weight excluding hydrogens is 468 g/mol. The molecule has 0 saturated heterocycles. The molecule has 0 aliphatic heterocycles. The van der Waals surface area contributed by atoms with Gasteiger partial charge < -0.3 is 9.64 Å². The van der Waals surface area contributed by atoms with Gasteiger partial charge in [0.05, 0.1) is 10.8 Å². The predicted octanol–water partition coefficient (Wildman–Crippen LogP) is 6.30. The van der Waals surface area contributed by atoms with Crippen molar-refractivity contribution >= 4 is 35.0 Å². The summed E-state index contributed by atoms with van der Waals surface area (Å²) in [5.41, 5.74) is 0.984. The van der Waals surface area contributed by atoms with Gasteiger partial charge in [-0.05, 0) is 49.9 Å². The van der Waals surface area contributed by atoms with Gasteiger partial charge in [0.25, 0.3) is 0 Å². The molecule has 34 heavy (non-hydrogen) atoms. The Kier molecular flexibility index (Phi) is 7.40. The maximum Gasteiger partial charge on any atom is 0.237 e. The van der Waals surface area contributed by atoms with Crippen LogP contribution in [0.25, 0.3) is 0 Å². The minimum Gasteiger partial charge on any atom is -0.484 e. The number of amides is 1. The van der Waals surface area contributed by atoms with Crippen molar-refractivity contribution in [2.24, 2.45) is 0 Å². The van der Waals surface area contributed by atoms with Gasteiger partial charge in [0, 0.05) is 17.8 Å². The van der Waals surface area contributed by atoms with Crippen LogP contribution in [0.15, 0.2) is 59.8 Å². The molecule has 2 aliphatic rings. The van der Waals surface area contributed by atoms with Crippen molar-refractivity contribution in [2.75, 3.05) is 10.7 Å². The standard InChI is InChI=1S/C26H29ClN4O2S/c27-22-13-7-8-14-23(22)33-17-24-28-29-26(31(24)21-15-16-21)34-18-25(32)30(19-9-3-1-4-10-19)20-11-5-2-6-12-20/h1,3-4,7-10,13-14,20-21H,2,5-6,11-12,15-18H2. The Hall–Kier alpha value is -2.51. The van der Waals surface area contributed by atoms with Gasteiger partial charge in [0.2, 0.25) is 5.91 Å². The lowest BCUT2D eigenvalue weighted by atomic mass is 9.93. The first kappa shape index (κ1) is 23.2. The molecule has 3 aromatic rings. The maximum absolute atomic E-state index is 13.5. The number of halogens is 1. The topological polar surface area (TPSA) is 60.2 Å². The first-order chi connectivity index (χ1) is 16.7. The zero-order valence-corrected chi connectivity index (χ0v) is 20.7. The average molecular weight is 497 g/mol. The number of thioether (sulfide) groups is 1. The van der Waals surface area contributed by atoms with Crippen LogP contribution in [0.5, 0.6) is 5.75 Å². The van der Waals surface area contributed by atoms with Gasteiger partial charge in [0.1, 0.15) is 12.4 Å². The van der Waals surface area contributed by atoms with Crippen molar-refractivity contribution < 1.29 is 9.53 Å². The van der Waals surface area contributed by atoms with E-state index in [4.69, 9.17) is 16.3 Å². The zero-order valence-electron chi connectivity index (χ0n) is 19.1. The number of anilines is 1. The molecule has 1 amide bonds. The Morgan fingerprint density at radius 3 is 2.47 bits per heavy atom. The molecule has 2 saturated carbocycles. The van der Waals surface area contributed by atoms with Gasteiger partial charge in [-0.2, -0.15) is 0 Å². The van der Waals surface area contributed by atoms with Crippen molar-refractivity contribution in [2.45, 2.75) is 68.8 Å². The fraction of sp³-hybridized carbons (Fsp3) is 0.423. The normalized spacial score (nSPS) is 16.4. The largest absolute Gasteiger partial charge is 0.484 e. The molecule has 2 aliphatic carbocycles. The second kappa shape index (κ2) is 10.8. The van der Waals surface area contributed by atoms with Gasteiger partial charge in [-0.15, -0.1) is 10.2 Å². The number of aromatic nitrogens is 3. The molecule has 5 rings (SSSR count). The fourth-order valence-corrected chi connectivity index (χ4v) is 5.66. The molecule has 0 atom stereocenters. The first-order valence-corrected chi connectivity index (χ1v) is 13.4. The molecule has 2 fully saturated rings. The molecule has 1 aromatic heterocycles. The van der Waals surface area contributed by atoms with E-state index >= 15 is 0 Å². The van der Waals surface area contributed by atoms with E-state index in [2.05, 4.69) is 14.8 Å². The highest BCUT2D eigenvalue weighted by Crippen LogP contribution is 2.39. The highest BCUT2D eigenvalue weighted by atomic mass is 35.5. The third-order valence-electron chi connectivity index (χ3n) is 6.41. The monoisotopic (exact) mass is 496 g/mol. The van der Waals surface area contributed by atoms with Crippen molar-refractivity contribution in [3.05, 3.63) is 65.4 Å². The molecule has 1 heterocycles. The van der Waals surface area contributed by atoms with Gasteiger partial charge >= 0.3 is 0 Å². The van der Waals surface area contributed by atoms with E-state index in [0.29, 0.717) is 29.2 Å². The molecule has 0 unspecified atom stereocenters. The van der Waals surface area contributed by atoms with E-state index in [9.17, 15) is 4.79 Å². The highest BCUT2D eigenvalue weighted by molar-refractivity contribution is 7.99. The molecule has 8 heteroatoms. The Balaban J connectivity index is 1.29. The van der Waals surface area contributed by atoms with Crippen LogP contribution < -0.4 is 9.64 Å². The molecule has 178 valence electrons. The molecule has 6 nitrogen and oxygen atoms in total. The summed E-state index contributed by atoms with van der Waals surface area (Å²) >= 11 is 7.70. The summed E-state index contributed by atoms with van der Waals surface area (Å²) in [5.74, 6) is 1.86. The van der Waals surface area contributed by atoms with E-state index in [-0.39, 0.29) is 11.9 Å². The number of rotatable bonds is 9. The van der Waals surface area contributed by atoms with Crippen LogP contribution in [0.1, 0.15) is 56.8 Å². The number of carbonyl (C=O) groups excluding carboxylic acids is 1. The van der Waals surface area contributed by atoms with E-state index in [1.165, 1.54) is 31.0 Å². The quantitative estimate of drug-likeness (QED) is 0.325. The van der Waals surface area contributed by atoms with Crippen molar-refractivity contribution in [3.63, 3.8) is 0 Å². The summed E-state index contributed by atoms with van der Waals surface area (Å²) in [5, 5.41) is 10.2. The molecule has 0 bridgehead atoms. The van der Waals surface area contributed by atoms with Crippen LogP contribution in [0.3, 0.4) is 0 Å². The molecule has 2 aromatic carbocycles.